The van der Waals surface area contributed by atoms with Crippen molar-refractivity contribution in [2.75, 3.05) is 10.6 Å². The smallest absolute Gasteiger partial charge is 0.471 e. The van der Waals surface area contributed by atoms with Crippen molar-refractivity contribution < 1.29 is 37.4 Å². The van der Waals surface area contributed by atoms with E-state index in [1.807, 2.05) is 0 Å². The average molecular weight is 503 g/mol. The molecule has 0 spiro atoms. The second-order valence-corrected chi connectivity index (χ2v) is 7.60. The van der Waals surface area contributed by atoms with Crippen LogP contribution in [0.5, 0.6) is 0 Å². The number of aliphatic carboxylic acids is 1. The number of anilines is 2. The van der Waals surface area contributed by atoms with E-state index in [4.69, 9.17) is 9.84 Å². The molecule has 0 aliphatic heterocycles. The van der Waals surface area contributed by atoms with Crippen molar-refractivity contribution in [2.45, 2.75) is 25.7 Å². The molecule has 1 heterocycles. The van der Waals surface area contributed by atoms with Crippen LogP contribution in [0.25, 0.3) is 0 Å². The minimum absolute atomic E-state index is 0.0450. The van der Waals surface area contributed by atoms with Gasteiger partial charge in [0.2, 0.25) is 0 Å². The second kappa shape index (κ2) is 11.2. The summed E-state index contributed by atoms with van der Waals surface area (Å²) in [6, 6.07) is 15.7. The number of benzene rings is 2. The van der Waals surface area contributed by atoms with Gasteiger partial charge in [0.1, 0.15) is 18.8 Å². The molecule has 0 unspecified atom stereocenters. The number of nitrogens with zero attached hydrogens (tertiary/aromatic N) is 1. The lowest BCUT2D eigenvalue weighted by atomic mass is 10.1. The molecule has 3 N–H and O–H groups in total. The van der Waals surface area contributed by atoms with Crippen LogP contribution in [0.2, 0.25) is 0 Å². The van der Waals surface area contributed by atoms with Gasteiger partial charge in [-0.15, -0.1) is 0 Å². The van der Waals surface area contributed by atoms with Crippen LogP contribution < -0.4 is 16.2 Å². The molecule has 12 heteroatoms. The van der Waals surface area contributed by atoms with Crippen LogP contribution in [0, 0.1) is 0 Å². The Bertz CT molecular complexity index is 1320. The van der Waals surface area contributed by atoms with E-state index in [9.17, 15) is 32.3 Å². The third-order valence-electron chi connectivity index (χ3n) is 4.75. The van der Waals surface area contributed by atoms with Gasteiger partial charge in [0.05, 0.1) is 0 Å². The summed E-state index contributed by atoms with van der Waals surface area (Å²) in [5.74, 6) is -3.43. The van der Waals surface area contributed by atoms with Crippen molar-refractivity contribution in [2.24, 2.45) is 0 Å². The molecule has 0 atom stereocenters. The van der Waals surface area contributed by atoms with Gasteiger partial charge in [-0.1, -0.05) is 42.5 Å². The fourth-order valence-corrected chi connectivity index (χ4v) is 3.21. The van der Waals surface area contributed by atoms with Crippen molar-refractivity contribution in [1.29, 1.82) is 0 Å². The van der Waals surface area contributed by atoms with Gasteiger partial charge < -0.3 is 19.7 Å². The summed E-state index contributed by atoms with van der Waals surface area (Å²) in [6.45, 7) is -0.756. The Morgan fingerprint density at radius 3 is 2.28 bits per heavy atom. The van der Waals surface area contributed by atoms with Crippen LogP contribution in [-0.2, 0) is 33.9 Å². The zero-order valence-corrected chi connectivity index (χ0v) is 18.5. The standard InChI is InChI=1S/C24H20F3N3O6/c25-24(26,27)22(34)28-18-8-4-7-16(10-18)9-17-11-19(21(33)30(12-17)13-20(31)32)29-23(35)36-14-15-5-2-1-3-6-15/h1-8,10-12H,9,13-14H2,(H,28,34)(H,29,35)(H,31,32). The van der Waals surface area contributed by atoms with Crippen LogP contribution in [0.3, 0.4) is 0 Å². The summed E-state index contributed by atoms with van der Waals surface area (Å²) in [5, 5.41) is 13.2. The minimum Gasteiger partial charge on any atom is -0.480 e. The first-order valence-electron chi connectivity index (χ1n) is 10.4. The molecule has 1 aromatic heterocycles. The Hall–Kier alpha value is -4.61. The van der Waals surface area contributed by atoms with Gasteiger partial charge >= 0.3 is 24.1 Å². The molecule has 0 radical (unpaired) electrons. The van der Waals surface area contributed by atoms with Crippen LogP contribution in [0.1, 0.15) is 16.7 Å². The second-order valence-electron chi connectivity index (χ2n) is 7.60. The minimum atomic E-state index is -5.06. The zero-order chi connectivity index (χ0) is 26.3. The van der Waals surface area contributed by atoms with E-state index in [1.54, 1.807) is 41.7 Å². The monoisotopic (exact) mass is 503 g/mol. The highest BCUT2D eigenvalue weighted by molar-refractivity contribution is 5.95. The average Bonchev–Trinajstić information content (AvgIpc) is 2.80. The lowest BCUT2D eigenvalue weighted by Gasteiger charge is -2.13. The van der Waals surface area contributed by atoms with Gasteiger partial charge in [0.15, 0.2) is 0 Å². The summed E-state index contributed by atoms with van der Waals surface area (Å²) in [4.78, 5) is 47.3. The van der Waals surface area contributed by atoms with E-state index >= 15 is 0 Å². The Balaban J connectivity index is 1.81. The Labute approximate surface area is 202 Å². The topological polar surface area (TPSA) is 127 Å². The molecule has 2 aromatic carbocycles. The molecule has 36 heavy (non-hydrogen) atoms. The first-order chi connectivity index (χ1) is 17.0. The number of pyridine rings is 1. The number of ether oxygens (including phenoxy) is 1. The molecule has 9 nitrogen and oxygen atoms in total. The molecule has 0 bridgehead atoms. The first kappa shape index (κ1) is 26.0. The predicted octanol–water partition coefficient (Wildman–Crippen LogP) is 3.77. The Morgan fingerprint density at radius 2 is 1.61 bits per heavy atom. The van der Waals surface area contributed by atoms with E-state index in [-0.39, 0.29) is 24.4 Å². The van der Waals surface area contributed by atoms with Gasteiger partial charge in [-0.25, -0.2) is 4.79 Å². The number of halogens is 3. The Kier molecular flexibility index (Phi) is 8.10. The Morgan fingerprint density at radius 1 is 0.917 bits per heavy atom. The van der Waals surface area contributed by atoms with Gasteiger partial charge in [0.25, 0.3) is 5.56 Å². The molecule has 0 aliphatic carbocycles. The maximum Gasteiger partial charge on any atom is 0.471 e. The van der Waals surface area contributed by atoms with E-state index in [0.717, 1.165) is 4.57 Å². The highest BCUT2D eigenvalue weighted by Gasteiger charge is 2.38. The number of aromatic nitrogens is 1. The number of hydrogen-bond donors (Lipinski definition) is 3. The van der Waals surface area contributed by atoms with Gasteiger partial charge in [-0.2, -0.15) is 13.2 Å². The molecule has 0 saturated carbocycles. The molecule has 2 amide bonds. The zero-order valence-electron chi connectivity index (χ0n) is 18.5. The number of nitrogens with one attached hydrogen (secondary N) is 2. The molecule has 0 saturated heterocycles. The number of carboxylic acid groups (broad SMARTS) is 1. The lowest BCUT2D eigenvalue weighted by Crippen LogP contribution is -2.30. The molecule has 0 fully saturated rings. The maximum absolute atomic E-state index is 12.7. The fraction of sp³-hybridized carbons (Fsp3) is 0.167. The van der Waals surface area contributed by atoms with E-state index in [2.05, 4.69) is 5.32 Å². The molecule has 188 valence electrons. The van der Waals surface area contributed by atoms with Crippen molar-refractivity contribution in [3.05, 3.63) is 93.9 Å². The summed E-state index contributed by atoms with van der Waals surface area (Å²) < 4.78 is 43.6. The van der Waals surface area contributed by atoms with Crippen LogP contribution in [-0.4, -0.2) is 33.8 Å². The number of amides is 2. The first-order valence-corrected chi connectivity index (χ1v) is 10.4. The van der Waals surface area contributed by atoms with Crippen molar-refractivity contribution in [1.82, 2.24) is 4.57 Å². The van der Waals surface area contributed by atoms with Crippen LogP contribution in [0.4, 0.5) is 29.3 Å². The maximum atomic E-state index is 12.7. The third-order valence-corrected chi connectivity index (χ3v) is 4.75. The van der Waals surface area contributed by atoms with Gasteiger partial charge in [-0.3, -0.25) is 19.7 Å². The number of carboxylic acids is 1. The number of rotatable bonds is 8. The van der Waals surface area contributed by atoms with Crippen molar-refractivity contribution >= 4 is 29.3 Å². The SMILES string of the molecule is O=C(O)Cn1cc(Cc2cccc(NC(=O)C(F)(F)F)c2)cc(NC(=O)OCc2ccccc2)c1=O. The normalized spacial score (nSPS) is 11.0. The number of hydrogen-bond acceptors (Lipinski definition) is 5. The molecule has 3 rings (SSSR count). The lowest BCUT2D eigenvalue weighted by molar-refractivity contribution is -0.167. The predicted molar refractivity (Wildman–Crippen MR) is 123 cm³/mol. The summed E-state index contributed by atoms with van der Waals surface area (Å²) in [7, 11) is 0. The fourth-order valence-electron chi connectivity index (χ4n) is 3.21. The molecule has 0 aliphatic rings. The third kappa shape index (κ3) is 7.45. The van der Waals surface area contributed by atoms with E-state index in [0.29, 0.717) is 16.7 Å². The largest absolute Gasteiger partial charge is 0.480 e. The van der Waals surface area contributed by atoms with Crippen molar-refractivity contribution in [3.63, 3.8) is 0 Å². The quantitative estimate of drug-likeness (QED) is 0.430. The molecular formula is C24H20F3N3O6. The summed E-state index contributed by atoms with van der Waals surface area (Å²) in [6.07, 6.45) is -4.69. The summed E-state index contributed by atoms with van der Waals surface area (Å²) >= 11 is 0. The van der Waals surface area contributed by atoms with E-state index in [1.165, 1.54) is 30.5 Å². The number of carbonyl (C=O) groups is 3. The van der Waals surface area contributed by atoms with Crippen molar-refractivity contribution in [3.8, 4) is 0 Å². The van der Waals surface area contributed by atoms with Crippen LogP contribution in [0.15, 0.2) is 71.7 Å². The van der Waals surface area contributed by atoms with Crippen LogP contribution >= 0.6 is 0 Å². The highest BCUT2D eigenvalue weighted by Crippen LogP contribution is 2.20. The number of carbonyl (C=O) groups excluding carboxylic acids is 2. The molecular weight excluding hydrogens is 483 g/mol. The van der Waals surface area contributed by atoms with E-state index < -0.39 is 36.3 Å². The molecule has 3 aromatic rings. The highest BCUT2D eigenvalue weighted by atomic mass is 19.4. The summed E-state index contributed by atoms with van der Waals surface area (Å²) in [5.41, 5.74) is 0.401. The number of alkyl halides is 3. The van der Waals surface area contributed by atoms with Gasteiger partial charge in [-0.05, 0) is 41.3 Å². The van der Waals surface area contributed by atoms with Gasteiger partial charge in [0, 0.05) is 11.9 Å².